The normalized spacial score (nSPS) is 12.5. The fourth-order valence-electron chi connectivity index (χ4n) is 1.87. The predicted octanol–water partition coefficient (Wildman–Crippen LogP) is 2.62. The summed E-state index contributed by atoms with van der Waals surface area (Å²) in [6, 6.07) is 0. The van der Waals surface area contributed by atoms with Gasteiger partial charge >= 0.3 is 0 Å². The van der Waals surface area contributed by atoms with E-state index in [0.717, 1.165) is 11.3 Å². The number of H-pyrrole nitrogens is 1. The van der Waals surface area contributed by atoms with Gasteiger partial charge in [0.2, 0.25) is 0 Å². The minimum atomic E-state index is -0.0897. The van der Waals surface area contributed by atoms with Crippen LogP contribution in [0.2, 0.25) is 0 Å². The summed E-state index contributed by atoms with van der Waals surface area (Å²) < 4.78 is 1.69. The van der Waals surface area contributed by atoms with Gasteiger partial charge < -0.3 is 0 Å². The van der Waals surface area contributed by atoms with Gasteiger partial charge in [0.15, 0.2) is 0 Å². The summed E-state index contributed by atoms with van der Waals surface area (Å²) >= 11 is 0. The van der Waals surface area contributed by atoms with Gasteiger partial charge in [0.25, 0.3) is 5.56 Å². The van der Waals surface area contributed by atoms with E-state index in [4.69, 9.17) is 0 Å². The van der Waals surface area contributed by atoms with Crippen molar-refractivity contribution in [1.82, 2.24) is 9.78 Å². The van der Waals surface area contributed by atoms with E-state index in [-0.39, 0.29) is 11.0 Å². The summed E-state index contributed by atoms with van der Waals surface area (Å²) in [7, 11) is 0. The van der Waals surface area contributed by atoms with Gasteiger partial charge in [0.1, 0.15) is 0 Å². The van der Waals surface area contributed by atoms with Crippen LogP contribution < -0.4 is 5.56 Å². The molecule has 1 heterocycles. The molecule has 0 aliphatic heterocycles. The van der Waals surface area contributed by atoms with Crippen molar-refractivity contribution in [1.29, 1.82) is 0 Å². The minimum Gasteiger partial charge on any atom is -0.299 e. The van der Waals surface area contributed by atoms with Crippen LogP contribution in [0.4, 0.5) is 0 Å². The molecule has 1 N–H and O–H groups in total. The van der Waals surface area contributed by atoms with Crippen LogP contribution in [0.1, 0.15) is 58.7 Å². The molecule has 0 amide bonds. The van der Waals surface area contributed by atoms with Gasteiger partial charge in [-0.05, 0) is 18.3 Å². The monoisotopic (exact) mass is 210 g/mol. The van der Waals surface area contributed by atoms with Gasteiger partial charge in [0, 0.05) is 17.8 Å². The standard InChI is InChI=1S/C12H22N2O/c1-7-14-11(15)9(12(4,5)6)10(13-14)8(2)3/h8,13H,7H2,1-6H3. The van der Waals surface area contributed by atoms with E-state index in [0.29, 0.717) is 12.5 Å². The Morgan fingerprint density at radius 3 is 2.13 bits per heavy atom. The van der Waals surface area contributed by atoms with Crippen molar-refractivity contribution in [2.75, 3.05) is 0 Å². The third-order valence-electron chi connectivity index (χ3n) is 2.63. The first kappa shape index (κ1) is 12.1. The minimum absolute atomic E-state index is 0.0897. The first-order chi connectivity index (χ1) is 6.79. The SMILES string of the molecule is CCn1[nH]c(C(C)C)c(C(C)(C)C)c1=O. The van der Waals surface area contributed by atoms with Crippen LogP contribution in [0, 0.1) is 0 Å². The zero-order valence-corrected chi connectivity index (χ0v) is 10.6. The quantitative estimate of drug-likeness (QED) is 0.800. The topological polar surface area (TPSA) is 37.8 Å². The van der Waals surface area contributed by atoms with E-state index in [1.807, 2.05) is 6.92 Å². The molecule has 0 unspecified atom stereocenters. The molecule has 0 bridgehead atoms. The third-order valence-corrected chi connectivity index (χ3v) is 2.63. The van der Waals surface area contributed by atoms with Crippen molar-refractivity contribution in [3.63, 3.8) is 0 Å². The fraction of sp³-hybridized carbons (Fsp3) is 0.750. The van der Waals surface area contributed by atoms with Crippen LogP contribution in [-0.4, -0.2) is 9.78 Å². The second-order valence-electron chi connectivity index (χ2n) is 5.35. The molecule has 0 spiro atoms. The van der Waals surface area contributed by atoms with Crippen LogP contribution in [0.15, 0.2) is 4.79 Å². The van der Waals surface area contributed by atoms with E-state index in [9.17, 15) is 4.79 Å². The van der Waals surface area contributed by atoms with E-state index in [1.54, 1.807) is 4.68 Å². The molecule has 0 aromatic carbocycles. The van der Waals surface area contributed by atoms with Crippen LogP contribution >= 0.6 is 0 Å². The second-order valence-corrected chi connectivity index (χ2v) is 5.35. The molecule has 0 fully saturated rings. The number of aromatic nitrogens is 2. The Morgan fingerprint density at radius 2 is 1.87 bits per heavy atom. The highest BCUT2D eigenvalue weighted by atomic mass is 16.1. The Morgan fingerprint density at radius 1 is 1.33 bits per heavy atom. The Bertz CT molecular complexity index is 391. The van der Waals surface area contributed by atoms with Crippen LogP contribution in [0.25, 0.3) is 0 Å². The Hall–Kier alpha value is -0.990. The molecule has 3 nitrogen and oxygen atoms in total. The van der Waals surface area contributed by atoms with Gasteiger partial charge in [-0.25, -0.2) is 0 Å². The third kappa shape index (κ3) is 2.16. The van der Waals surface area contributed by atoms with Crippen molar-refractivity contribution in [3.8, 4) is 0 Å². The van der Waals surface area contributed by atoms with Crippen molar-refractivity contribution in [2.45, 2.75) is 59.4 Å². The fourth-order valence-corrected chi connectivity index (χ4v) is 1.87. The average Bonchev–Trinajstić information content (AvgIpc) is 2.41. The molecule has 0 saturated carbocycles. The summed E-state index contributed by atoms with van der Waals surface area (Å²) in [5.41, 5.74) is 2.05. The summed E-state index contributed by atoms with van der Waals surface area (Å²) in [6.45, 7) is 13.2. The number of aryl methyl sites for hydroxylation is 1. The molecule has 15 heavy (non-hydrogen) atoms. The zero-order chi connectivity index (χ0) is 11.8. The molecule has 86 valence electrons. The highest BCUT2D eigenvalue weighted by molar-refractivity contribution is 5.27. The van der Waals surface area contributed by atoms with Gasteiger partial charge in [-0.2, -0.15) is 0 Å². The highest BCUT2D eigenvalue weighted by Gasteiger charge is 2.26. The zero-order valence-electron chi connectivity index (χ0n) is 10.6. The maximum Gasteiger partial charge on any atom is 0.270 e. The first-order valence-corrected chi connectivity index (χ1v) is 5.62. The molecule has 1 aromatic heterocycles. The molecule has 1 aromatic rings. The molecule has 0 atom stereocenters. The number of hydrogen-bond acceptors (Lipinski definition) is 1. The Labute approximate surface area is 91.5 Å². The maximum atomic E-state index is 12.1. The van der Waals surface area contributed by atoms with Crippen molar-refractivity contribution in [3.05, 3.63) is 21.6 Å². The number of aromatic amines is 1. The molecular weight excluding hydrogens is 188 g/mol. The molecule has 0 radical (unpaired) electrons. The van der Waals surface area contributed by atoms with Crippen LogP contribution in [0.3, 0.4) is 0 Å². The predicted molar refractivity (Wildman–Crippen MR) is 63.5 cm³/mol. The summed E-state index contributed by atoms with van der Waals surface area (Å²) in [5.74, 6) is 0.361. The molecular formula is C12H22N2O. The molecule has 1 rings (SSSR count). The number of nitrogens with zero attached hydrogens (tertiary/aromatic N) is 1. The lowest BCUT2D eigenvalue weighted by Gasteiger charge is -2.18. The molecule has 0 saturated heterocycles. The number of hydrogen-bond donors (Lipinski definition) is 1. The molecule has 3 heteroatoms. The Kier molecular flexibility index (Phi) is 3.12. The largest absolute Gasteiger partial charge is 0.299 e. The summed E-state index contributed by atoms with van der Waals surface area (Å²) in [5, 5.41) is 3.21. The maximum absolute atomic E-state index is 12.1. The molecule has 0 aliphatic rings. The van der Waals surface area contributed by atoms with E-state index < -0.39 is 0 Å². The smallest absolute Gasteiger partial charge is 0.270 e. The van der Waals surface area contributed by atoms with E-state index >= 15 is 0 Å². The summed E-state index contributed by atoms with van der Waals surface area (Å²) in [4.78, 5) is 12.1. The lowest BCUT2D eigenvalue weighted by Crippen LogP contribution is -2.26. The highest BCUT2D eigenvalue weighted by Crippen LogP contribution is 2.26. The second kappa shape index (κ2) is 3.87. The number of rotatable bonds is 2. The van der Waals surface area contributed by atoms with Crippen LogP contribution in [0.5, 0.6) is 0 Å². The van der Waals surface area contributed by atoms with E-state index in [1.165, 1.54) is 0 Å². The van der Waals surface area contributed by atoms with Gasteiger partial charge in [-0.1, -0.05) is 34.6 Å². The van der Waals surface area contributed by atoms with Gasteiger partial charge in [-0.15, -0.1) is 0 Å². The Balaban J connectivity index is 3.47. The average molecular weight is 210 g/mol. The van der Waals surface area contributed by atoms with Crippen molar-refractivity contribution >= 4 is 0 Å². The van der Waals surface area contributed by atoms with E-state index in [2.05, 4.69) is 39.7 Å². The summed E-state index contributed by atoms with van der Waals surface area (Å²) in [6.07, 6.45) is 0. The number of nitrogens with one attached hydrogen (secondary N) is 1. The van der Waals surface area contributed by atoms with Crippen LogP contribution in [-0.2, 0) is 12.0 Å². The lowest BCUT2D eigenvalue weighted by molar-refractivity contribution is 0.570. The molecule has 0 aliphatic carbocycles. The van der Waals surface area contributed by atoms with Crippen molar-refractivity contribution in [2.24, 2.45) is 0 Å². The van der Waals surface area contributed by atoms with Gasteiger partial charge in [0.05, 0.1) is 0 Å². The first-order valence-electron chi connectivity index (χ1n) is 5.62. The lowest BCUT2D eigenvalue weighted by atomic mass is 9.85. The van der Waals surface area contributed by atoms with Crippen molar-refractivity contribution < 1.29 is 0 Å². The van der Waals surface area contributed by atoms with Gasteiger partial charge in [-0.3, -0.25) is 14.6 Å².